The van der Waals surface area contributed by atoms with Crippen LogP contribution in [0, 0.1) is 5.92 Å². The summed E-state index contributed by atoms with van der Waals surface area (Å²) in [6.45, 7) is -4.76. The molecule has 0 spiro atoms. The fourth-order valence-electron chi connectivity index (χ4n) is 0.281. The molecule has 0 saturated carbocycles. The number of alkyl halides is 1. The van der Waals surface area contributed by atoms with Crippen LogP contribution in [0.15, 0.2) is 0 Å². The molecule has 0 aliphatic carbocycles. The van der Waals surface area contributed by atoms with Gasteiger partial charge in [-0.15, -0.1) is 0 Å². The van der Waals surface area contributed by atoms with E-state index in [1.807, 2.05) is 0 Å². The van der Waals surface area contributed by atoms with E-state index < -0.39 is 19.6 Å². The van der Waals surface area contributed by atoms with E-state index in [2.05, 4.69) is 15.9 Å². The van der Waals surface area contributed by atoms with Crippen molar-refractivity contribution in [2.75, 3.05) is 5.33 Å². The van der Waals surface area contributed by atoms with Crippen LogP contribution >= 0.6 is 15.9 Å². The minimum Gasteiger partial charge on any atom is -0.0928 e. The van der Waals surface area contributed by atoms with Gasteiger partial charge in [-0.25, -0.2) is 0 Å². The van der Waals surface area contributed by atoms with E-state index in [9.17, 15) is 0 Å². The van der Waals surface area contributed by atoms with E-state index >= 15 is 0 Å². The summed E-state index contributed by atoms with van der Waals surface area (Å²) in [6.07, 6.45) is 0.777. The minimum absolute atomic E-state index is 0.207. The molecule has 0 heterocycles. The average molecular weight is 171 g/mol. The van der Waals surface area contributed by atoms with Gasteiger partial charge in [0.25, 0.3) is 0 Å². The van der Waals surface area contributed by atoms with E-state index in [1.165, 1.54) is 0 Å². The molecule has 0 rings (SSSR count). The third kappa shape index (κ3) is 6.48. The first-order valence-electron chi connectivity index (χ1n) is 5.25. The molecule has 0 fully saturated rings. The normalized spacial score (nSPS) is 26.6. The number of hydrogen-bond donors (Lipinski definition) is 0. The molecule has 0 aliphatic rings. The van der Waals surface area contributed by atoms with Crippen LogP contribution < -0.4 is 0 Å². The highest BCUT2D eigenvalue weighted by atomic mass is 79.9. The van der Waals surface area contributed by atoms with Crippen molar-refractivity contribution in [3.63, 3.8) is 0 Å². The monoisotopic (exact) mass is 170 g/mol. The lowest BCUT2D eigenvalue weighted by Crippen LogP contribution is -1.85. The zero-order valence-corrected chi connectivity index (χ0v) is 5.66. The number of rotatable bonds is 3. The topological polar surface area (TPSA) is 0 Å². The standard InChI is InChI=1S/C6H13Br/c1-6(2)4-3-5-7/h6H,3-5H2,1-2H3/i1D3,2D3. The predicted molar refractivity (Wildman–Crippen MR) is 37.9 cm³/mol. The molecule has 0 radical (unpaired) electrons. The van der Waals surface area contributed by atoms with Crippen molar-refractivity contribution in [1.29, 1.82) is 0 Å². The molecule has 0 saturated heterocycles. The lowest BCUT2D eigenvalue weighted by molar-refractivity contribution is 0.580. The van der Waals surface area contributed by atoms with Crippen molar-refractivity contribution in [3.8, 4) is 0 Å². The molecule has 7 heavy (non-hydrogen) atoms. The number of hydrogen-bond acceptors (Lipinski definition) is 0. The first-order chi connectivity index (χ1) is 5.69. The first-order valence-corrected chi connectivity index (χ1v) is 3.37. The molecule has 0 amide bonds. The highest BCUT2D eigenvalue weighted by Gasteiger charge is 1.89. The smallest absolute Gasteiger partial charge is 0.0233 e. The molecule has 0 nitrogen and oxygen atoms in total. The van der Waals surface area contributed by atoms with Gasteiger partial charge in [-0.3, -0.25) is 0 Å². The Hall–Kier alpha value is 0.480. The average Bonchev–Trinajstić information content (AvgIpc) is 1.81. The Bertz CT molecular complexity index is 134. The zero-order valence-electron chi connectivity index (χ0n) is 10.1. The lowest BCUT2D eigenvalue weighted by atomic mass is 10.1. The maximum atomic E-state index is 7.08. The Morgan fingerprint density at radius 3 is 2.86 bits per heavy atom. The van der Waals surface area contributed by atoms with Crippen LogP contribution in [-0.2, 0) is 0 Å². The van der Waals surface area contributed by atoms with Crippen LogP contribution in [-0.4, -0.2) is 5.33 Å². The van der Waals surface area contributed by atoms with E-state index in [0.717, 1.165) is 0 Å². The van der Waals surface area contributed by atoms with Crippen molar-refractivity contribution in [2.24, 2.45) is 5.92 Å². The Balaban J connectivity index is 4.39. The van der Waals surface area contributed by atoms with Crippen molar-refractivity contribution < 1.29 is 8.22 Å². The van der Waals surface area contributed by atoms with Crippen LogP contribution in [0.1, 0.15) is 34.8 Å². The Morgan fingerprint density at radius 2 is 2.43 bits per heavy atom. The molecule has 0 bridgehead atoms. The summed E-state index contributed by atoms with van der Waals surface area (Å²) in [5.74, 6) is -1.20. The van der Waals surface area contributed by atoms with Gasteiger partial charge < -0.3 is 0 Å². The Kier molecular flexibility index (Phi) is 1.34. The highest BCUT2D eigenvalue weighted by Crippen LogP contribution is 2.03. The second-order valence-corrected chi connectivity index (χ2v) is 2.18. The summed E-state index contributed by atoms with van der Waals surface area (Å²) in [5, 5.41) is 0.635. The van der Waals surface area contributed by atoms with E-state index in [1.54, 1.807) is 0 Å². The van der Waals surface area contributed by atoms with Gasteiger partial charge in [-0.1, -0.05) is 36.1 Å². The van der Waals surface area contributed by atoms with Crippen LogP contribution in [0.3, 0.4) is 0 Å². The van der Waals surface area contributed by atoms with Crippen molar-refractivity contribution in [3.05, 3.63) is 0 Å². The van der Waals surface area contributed by atoms with E-state index in [-0.39, 0.29) is 6.42 Å². The van der Waals surface area contributed by atoms with Gasteiger partial charge in [0.1, 0.15) is 0 Å². The summed E-state index contributed by atoms with van der Waals surface area (Å²) < 4.78 is 42.5. The predicted octanol–water partition coefficient (Wildman–Crippen LogP) is 2.82. The molecule has 0 unspecified atom stereocenters. The molecule has 44 valence electrons. The maximum absolute atomic E-state index is 7.08. The number of halogens is 1. The molecular weight excluding hydrogens is 152 g/mol. The fourth-order valence-corrected chi connectivity index (χ4v) is 0.605. The van der Waals surface area contributed by atoms with Crippen LogP contribution in [0.2, 0.25) is 0 Å². The molecule has 0 aromatic heterocycles. The SMILES string of the molecule is [2H]C([2H])([2H])C(CCCBr)C([2H])([2H])[2H]. The molecule has 0 N–H and O–H groups in total. The lowest BCUT2D eigenvalue weighted by Gasteiger charge is -1.98. The quantitative estimate of drug-likeness (QED) is 0.572. The first kappa shape index (κ1) is 2.02. The summed E-state index contributed by atoms with van der Waals surface area (Å²) in [5.41, 5.74) is 0. The van der Waals surface area contributed by atoms with Gasteiger partial charge in [-0.2, -0.15) is 0 Å². The van der Waals surface area contributed by atoms with Crippen molar-refractivity contribution in [1.82, 2.24) is 0 Å². The van der Waals surface area contributed by atoms with Gasteiger partial charge in [0.05, 0.1) is 0 Å². The Labute approximate surface area is 62.9 Å². The Morgan fingerprint density at radius 1 is 1.71 bits per heavy atom. The zero-order chi connectivity index (χ0) is 10.7. The fraction of sp³-hybridized carbons (Fsp3) is 1.00. The molecule has 1 heteroatoms. The van der Waals surface area contributed by atoms with Crippen LogP contribution in [0.4, 0.5) is 0 Å². The van der Waals surface area contributed by atoms with E-state index in [0.29, 0.717) is 11.8 Å². The molecule has 0 atom stereocenters. The third-order valence-corrected chi connectivity index (χ3v) is 1.19. The van der Waals surface area contributed by atoms with Gasteiger partial charge in [-0.05, 0) is 12.3 Å². The summed E-state index contributed by atoms with van der Waals surface area (Å²) in [4.78, 5) is 0. The maximum Gasteiger partial charge on any atom is 0.0233 e. The summed E-state index contributed by atoms with van der Waals surface area (Å²) in [7, 11) is 0. The summed E-state index contributed by atoms with van der Waals surface area (Å²) >= 11 is 3.14. The van der Waals surface area contributed by atoms with Crippen molar-refractivity contribution in [2.45, 2.75) is 26.5 Å². The second kappa shape index (κ2) is 4.63. The second-order valence-electron chi connectivity index (χ2n) is 1.38. The van der Waals surface area contributed by atoms with E-state index in [4.69, 9.17) is 8.22 Å². The molecular formula is C6H13Br. The van der Waals surface area contributed by atoms with Gasteiger partial charge in [0.2, 0.25) is 0 Å². The largest absolute Gasteiger partial charge is 0.0928 e. The minimum atomic E-state index is -2.38. The highest BCUT2D eigenvalue weighted by molar-refractivity contribution is 9.09. The third-order valence-electron chi connectivity index (χ3n) is 0.626. The van der Waals surface area contributed by atoms with Crippen molar-refractivity contribution >= 4 is 15.9 Å². The molecule has 0 aromatic rings. The van der Waals surface area contributed by atoms with Crippen LogP contribution in [0.5, 0.6) is 0 Å². The van der Waals surface area contributed by atoms with Gasteiger partial charge >= 0.3 is 0 Å². The molecule has 0 aliphatic heterocycles. The van der Waals surface area contributed by atoms with Gasteiger partial charge in [0.15, 0.2) is 0 Å². The van der Waals surface area contributed by atoms with Crippen LogP contribution in [0.25, 0.3) is 0 Å². The summed E-state index contributed by atoms with van der Waals surface area (Å²) in [6, 6.07) is 0. The molecule has 0 aromatic carbocycles. The van der Waals surface area contributed by atoms with Gasteiger partial charge in [0, 0.05) is 13.6 Å².